The van der Waals surface area contributed by atoms with Crippen molar-refractivity contribution < 1.29 is 28.5 Å². The summed E-state index contributed by atoms with van der Waals surface area (Å²) in [6, 6.07) is 10.4. The zero-order valence-corrected chi connectivity index (χ0v) is 16.6. The highest BCUT2D eigenvalue weighted by atomic mass is 16.5. The Hall–Kier alpha value is -3.75. The molecule has 0 unspecified atom stereocenters. The second-order valence-corrected chi connectivity index (χ2v) is 5.69. The van der Waals surface area contributed by atoms with Crippen LogP contribution in [0.4, 0.5) is 0 Å². The third-order valence-electron chi connectivity index (χ3n) is 3.89. The average Bonchev–Trinajstić information content (AvgIpc) is 2.76. The SMILES string of the molecule is COc1ccc(CNC(=O)C(=O)N/N=C\c2cc(OC)c(OC)c(OC)c2)cc1. The summed E-state index contributed by atoms with van der Waals surface area (Å²) in [4.78, 5) is 23.8. The predicted molar refractivity (Wildman–Crippen MR) is 107 cm³/mol. The van der Waals surface area contributed by atoms with E-state index in [1.54, 1.807) is 43.5 Å². The highest BCUT2D eigenvalue weighted by Gasteiger charge is 2.14. The Morgan fingerprint density at radius 2 is 1.52 bits per heavy atom. The van der Waals surface area contributed by atoms with Gasteiger partial charge in [0.25, 0.3) is 0 Å². The van der Waals surface area contributed by atoms with E-state index in [4.69, 9.17) is 18.9 Å². The smallest absolute Gasteiger partial charge is 0.329 e. The molecule has 0 radical (unpaired) electrons. The molecule has 0 heterocycles. The first-order valence-electron chi connectivity index (χ1n) is 8.56. The molecular formula is C20H23N3O6. The molecule has 0 bridgehead atoms. The predicted octanol–water partition coefficient (Wildman–Crippen LogP) is 1.49. The fourth-order valence-corrected chi connectivity index (χ4v) is 2.40. The summed E-state index contributed by atoms with van der Waals surface area (Å²) >= 11 is 0. The maximum atomic E-state index is 11.9. The molecule has 0 aliphatic carbocycles. The van der Waals surface area contributed by atoms with E-state index in [2.05, 4.69) is 15.8 Å². The van der Waals surface area contributed by atoms with E-state index in [0.717, 1.165) is 5.56 Å². The van der Waals surface area contributed by atoms with Gasteiger partial charge in [-0.05, 0) is 29.8 Å². The molecule has 2 N–H and O–H groups in total. The molecule has 0 aliphatic heterocycles. The van der Waals surface area contributed by atoms with E-state index in [-0.39, 0.29) is 6.54 Å². The van der Waals surface area contributed by atoms with E-state index in [1.807, 2.05) is 0 Å². The lowest BCUT2D eigenvalue weighted by Crippen LogP contribution is -2.37. The molecule has 2 aromatic rings. The minimum atomic E-state index is -0.887. The van der Waals surface area contributed by atoms with Gasteiger partial charge in [0.05, 0.1) is 34.7 Å². The number of methoxy groups -OCH3 is 4. The largest absolute Gasteiger partial charge is 0.497 e. The van der Waals surface area contributed by atoms with Crippen LogP contribution in [-0.4, -0.2) is 46.5 Å². The first kappa shape index (κ1) is 21.5. The molecule has 2 amide bonds. The minimum absolute atomic E-state index is 0.201. The van der Waals surface area contributed by atoms with E-state index in [1.165, 1.54) is 27.5 Å². The summed E-state index contributed by atoms with van der Waals surface area (Å²) < 4.78 is 20.8. The van der Waals surface area contributed by atoms with Gasteiger partial charge in [-0.1, -0.05) is 12.1 Å². The number of carbonyl (C=O) groups excluding carboxylic acids is 2. The van der Waals surface area contributed by atoms with Crippen LogP contribution in [0.5, 0.6) is 23.0 Å². The lowest BCUT2D eigenvalue weighted by atomic mass is 10.2. The van der Waals surface area contributed by atoms with Crippen molar-refractivity contribution in [2.24, 2.45) is 5.10 Å². The Balaban J connectivity index is 1.93. The molecule has 0 aromatic heterocycles. The van der Waals surface area contributed by atoms with Crippen LogP contribution in [0, 0.1) is 0 Å². The summed E-state index contributed by atoms with van der Waals surface area (Å²) in [5.74, 6) is 0.340. The summed E-state index contributed by atoms with van der Waals surface area (Å²) in [5, 5.41) is 6.31. The molecule has 2 rings (SSSR count). The standard InChI is InChI=1S/C20H23N3O6/c1-26-15-7-5-13(6-8-15)11-21-19(24)20(25)23-22-12-14-9-16(27-2)18(29-4)17(10-14)28-3/h5-10,12H,11H2,1-4H3,(H,21,24)(H,23,25)/b22-12-. The summed E-state index contributed by atoms with van der Waals surface area (Å²) in [6.45, 7) is 0.201. The molecule has 0 saturated carbocycles. The number of hydrazone groups is 1. The van der Waals surface area contributed by atoms with E-state index >= 15 is 0 Å². The molecule has 2 aromatic carbocycles. The van der Waals surface area contributed by atoms with Gasteiger partial charge in [0, 0.05) is 12.1 Å². The van der Waals surface area contributed by atoms with Gasteiger partial charge in [0.1, 0.15) is 5.75 Å². The lowest BCUT2D eigenvalue weighted by Gasteiger charge is -2.12. The van der Waals surface area contributed by atoms with Crippen molar-refractivity contribution in [3.8, 4) is 23.0 Å². The van der Waals surface area contributed by atoms with Crippen LogP contribution in [0.15, 0.2) is 41.5 Å². The highest BCUT2D eigenvalue weighted by molar-refractivity contribution is 6.35. The number of carbonyl (C=O) groups is 2. The van der Waals surface area contributed by atoms with Gasteiger partial charge in [-0.3, -0.25) is 9.59 Å². The average molecular weight is 401 g/mol. The monoisotopic (exact) mass is 401 g/mol. The molecule has 0 saturated heterocycles. The van der Waals surface area contributed by atoms with Crippen molar-refractivity contribution in [2.75, 3.05) is 28.4 Å². The van der Waals surface area contributed by atoms with Crippen LogP contribution < -0.4 is 29.7 Å². The molecule has 29 heavy (non-hydrogen) atoms. The van der Waals surface area contributed by atoms with Gasteiger partial charge in [-0.2, -0.15) is 5.10 Å². The number of hydrogen-bond acceptors (Lipinski definition) is 7. The number of ether oxygens (including phenoxy) is 4. The van der Waals surface area contributed by atoms with Gasteiger partial charge in [-0.15, -0.1) is 0 Å². The van der Waals surface area contributed by atoms with Crippen LogP contribution in [0.1, 0.15) is 11.1 Å². The normalized spacial score (nSPS) is 10.3. The fraction of sp³-hybridized carbons (Fsp3) is 0.250. The number of nitrogens with one attached hydrogen (secondary N) is 2. The van der Waals surface area contributed by atoms with Crippen molar-refractivity contribution in [3.63, 3.8) is 0 Å². The Morgan fingerprint density at radius 3 is 2.03 bits per heavy atom. The van der Waals surface area contributed by atoms with Gasteiger partial charge in [-0.25, -0.2) is 5.43 Å². The van der Waals surface area contributed by atoms with Crippen molar-refractivity contribution >= 4 is 18.0 Å². The van der Waals surface area contributed by atoms with Crippen LogP contribution in [-0.2, 0) is 16.1 Å². The summed E-state index contributed by atoms with van der Waals surface area (Å²) in [5.41, 5.74) is 3.58. The van der Waals surface area contributed by atoms with Crippen molar-refractivity contribution in [3.05, 3.63) is 47.5 Å². The van der Waals surface area contributed by atoms with Gasteiger partial charge >= 0.3 is 11.8 Å². The number of rotatable bonds is 8. The summed E-state index contributed by atoms with van der Waals surface area (Å²) in [6.07, 6.45) is 1.36. The maximum absolute atomic E-state index is 11.9. The Kier molecular flexibility index (Phi) is 7.84. The summed E-state index contributed by atoms with van der Waals surface area (Å²) in [7, 11) is 6.05. The number of amides is 2. The van der Waals surface area contributed by atoms with Gasteiger partial charge < -0.3 is 24.3 Å². The van der Waals surface area contributed by atoms with Gasteiger partial charge in [0.15, 0.2) is 11.5 Å². The third-order valence-corrected chi connectivity index (χ3v) is 3.89. The molecular weight excluding hydrogens is 378 g/mol. The molecule has 9 nitrogen and oxygen atoms in total. The maximum Gasteiger partial charge on any atom is 0.329 e. The second kappa shape index (κ2) is 10.5. The molecule has 154 valence electrons. The molecule has 0 aliphatic rings. The molecule has 9 heteroatoms. The van der Waals surface area contributed by atoms with Gasteiger partial charge in [0.2, 0.25) is 5.75 Å². The fourth-order valence-electron chi connectivity index (χ4n) is 2.40. The molecule has 0 spiro atoms. The topological polar surface area (TPSA) is 107 Å². The molecule has 0 atom stereocenters. The van der Waals surface area contributed by atoms with E-state index < -0.39 is 11.8 Å². The zero-order chi connectivity index (χ0) is 21.2. The number of nitrogens with zero attached hydrogens (tertiary/aromatic N) is 1. The van der Waals surface area contributed by atoms with E-state index in [0.29, 0.717) is 28.6 Å². The quantitative estimate of drug-likeness (QED) is 0.394. The van der Waals surface area contributed by atoms with Crippen LogP contribution in [0.25, 0.3) is 0 Å². The Morgan fingerprint density at radius 1 is 0.897 bits per heavy atom. The van der Waals surface area contributed by atoms with Crippen LogP contribution in [0.2, 0.25) is 0 Å². The van der Waals surface area contributed by atoms with Crippen molar-refractivity contribution in [1.82, 2.24) is 10.7 Å². The second-order valence-electron chi connectivity index (χ2n) is 5.69. The third kappa shape index (κ3) is 5.86. The van der Waals surface area contributed by atoms with Crippen molar-refractivity contribution in [1.29, 1.82) is 0 Å². The first-order chi connectivity index (χ1) is 14.0. The Labute approximate surface area is 168 Å². The van der Waals surface area contributed by atoms with Crippen LogP contribution >= 0.6 is 0 Å². The molecule has 0 fully saturated rings. The first-order valence-corrected chi connectivity index (χ1v) is 8.56. The zero-order valence-electron chi connectivity index (χ0n) is 16.6. The van der Waals surface area contributed by atoms with E-state index in [9.17, 15) is 9.59 Å². The van der Waals surface area contributed by atoms with Crippen LogP contribution in [0.3, 0.4) is 0 Å². The lowest BCUT2D eigenvalue weighted by molar-refractivity contribution is -0.139. The van der Waals surface area contributed by atoms with Crippen molar-refractivity contribution in [2.45, 2.75) is 6.54 Å². The number of benzene rings is 2. The number of hydrogen-bond donors (Lipinski definition) is 2. The highest BCUT2D eigenvalue weighted by Crippen LogP contribution is 2.37. The minimum Gasteiger partial charge on any atom is -0.497 e. The Bertz CT molecular complexity index is 855.